The summed E-state index contributed by atoms with van der Waals surface area (Å²) >= 11 is 0. The van der Waals surface area contributed by atoms with Crippen LogP contribution in [-0.2, 0) is 4.74 Å². The van der Waals surface area contributed by atoms with Gasteiger partial charge in [-0.25, -0.2) is 9.67 Å². The monoisotopic (exact) mass is 352 g/mol. The first-order valence-corrected chi connectivity index (χ1v) is 8.82. The summed E-state index contributed by atoms with van der Waals surface area (Å²) in [6, 6.07) is 11.9. The third kappa shape index (κ3) is 3.75. The normalized spacial score (nSPS) is 11.2. The zero-order valence-corrected chi connectivity index (χ0v) is 15.4. The summed E-state index contributed by atoms with van der Waals surface area (Å²) in [5, 5.41) is 8.16. The highest BCUT2D eigenvalue weighted by atomic mass is 16.5. The molecule has 0 aliphatic carbocycles. The van der Waals surface area contributed by atoms with Crippen LogP contribution in [0.5, 0.6) is 0 Å². The summed E-state index contributed by atoms with van der Waals surface area (Å²) in [5.74, 6) is -0.117. The third-order valence-corrected chi connectivity index (χ3v) is 4.18. The van der Waals surface area contributed by atoms with Crippen molar-refractivity contribution >= 4 is 16.9 Å². The molecule has 1 amide bonds. The molecule has 0 saturated heterocycles. The standard InChI is InChI=1S/C20H24N4O2/c1-14(2)24-19-17(13-22-24)16(20(25)21-10-7-11-26-3)12-18(23-19)15-8-5-4-6-9-15/h4-6,8-9,12-14H,7,10-11H2,1-3H3,(H,21,25). The molecule has 0 spiro atoms. The van der Waals surface area contributed by atoms with E-state index in [2.05, 4.69) is 10.4 Å². The SMILES string of the molecule is COCCCNC(=O)c1cc(-c2ccccc2)nc2c1cnn2C(C)C. The number of pyridine rings is 1. The van der Waals surface area contributed by atoms with Crippen molar-refractivity contribution in [2.45, 2.75) is 26.3 Å². The summed E-state index contributed by atoms with van der Waals surface area (Å²) in [4.78, 5) is 17.5. The van der Waals surface area contributed by atoms with Gasteiger partial charge in [-0.15, -0.1) is 0 Å². The Morgan fingerprint density at radius 1 is 1.27 bits per heavy atom. The fourth-order valence-corrected chi connectivity index (χ4v) is 2.85. The summed E-state index contributed by atoms with van der Waals surface area (Å²) < 4.78 is 6.88. The molecule has 26 heavy (non-hydrogen) atoms. The lowest BCUT2D eigenvalue weighted by molar-refractivity contribution is 0.0950. The van der Waals surface area contributed by atoms with E-state index in [0.29, 0.717) is 18.7 Å². The molecule has 2 aromatic heterocycles. The predicted octanol–water partition coefficient (Wildman–Crippen LogP) is 3.45. The Bertz CT molecular complexity index is 887. The van der Waals surface area contributed by atoms with Crippen molar-refractivity contribution < 1.29 is 9.53 Å². The van der Waals surface area contributed by atoms with Crippen LogP contribution in [0.2, 0.25) is 0 Å². The molecule has 3 aromatic rings. The molecule has 0 unspecified atom stereocenters. The lowest BCUT2D eigenvalue weighted by Crippen LogP contribution is -2.25. The molecule has 1 N–H and O–H groups in total. The fourth-order valence-electron chi connectivity index (χ4n) is 2.85. The second-order valence-corrected chi connectivity index (χ2v) is 6.44. The predicted molar refractivity (Wildman–Crippen MR) is 102 cm³/mol. The van der Waals surface area contributed by atoms with E-state index in [1.54, 1.807) is 13.3 Å². The Balaban J connectivity index is 2.04. The van der Waals surface area contributed by atoms with E-state index in [0.717, 1.165) is 28.7 Å². The maximum Gasteiger partial charge on any atom is 0.252 e. The molecule has 2 heterocycles. The highest BCUT2D eigenvalue weighted by Crippen LogP contribution is 2.26. The minimum absolute atomic E-state index is 0.117. The van der Waals surface area contributed by atoms with Crippen LogP contribution in [0.3, 0.4) is 0 Å². The molecule has 0 atom stereocenters. The second-order valence-electron chi connectivity index (χ2n) is 6.44. The molecule has 136 valence electrons. The molecular weight excluding hydrogens is 328 g/mol. The van der Waals surface area contributed by atoms with E-state index in [1.165, 1.54) is 0 Å². The van der Waals surface area contributed by atoms with Gasteiger partial charge in [0.05, 0.1) is 22.8 Å². The number of aromatic nitrogens is 3. The van der Waals surface area contributed by atoms with Crippen LogP contribution in [0.1, 0.15) is 36.7 Å². The average molecular weight is 352 g/mol. The van der Waals surface area contributed by atoms with Crippen molar-refractivity contribution in [3.63, 3.8) is 0 Å². The number of nitrogens with one attached hydrogen (secondary N) is 1. The van der Waals surface area contributed by atoms with Gasteiger partial charge in [0.1, 0.15) is 0 Å². The molecular formula is C20H24N4O2. The molecule has 0 bridgehead atoms. The lowest BCUT2D eigenvalue weighted by atomic mass is 10.1. The van der Waals surface area contributed by atoms with Gasteiger partial charge < -0.3 is 10.1 Å². The van der Waals surface area contributed by atoms with Crippen LogP contribution >= 0.6 is 0 Å². The van der Waals surface area contributed by atoms with Crippen molar-refractivity contribution in [2.24, 2.45) is 0 Å². The molecule has 0 saturated carbocycles. The summed E-state index contributed by atoms with van der Waals surface area (Å²) in [6.45, 7) is 5.28. The first-order valence-electron chi connectivity index (χ1n) is 8.82. The van der Waals surface area contributed by atoms with Crippen LogP contribution in [0.15, 0.2) is 42.6 Å². The van der Waals surface area contributed by atoms with Gasteiger partial charge in [0.15, 0.2) is 5.65 Å². The van der Waals surface area contributed by atoms with Crippen molar-refractivity contribution in [1.29, 1.82) is 0 Å². The van der Waals surface area contributed by atoms with Gasteiger partial charge in [0.2, 0.25) is 0 Å². The number of methoxy groups -OCH3 is 1. The molecule has 6 heteroatoms. The van der Waals surface area contributed by atoms with Crippen LogP contribution < -0.4 is 5.32 Å². The number of ether oxygens (including phenoxy) is 1. The van der Waals surface area contributed by atoms with Crippen molar-refractivity contribution in [3.05, 3.63) is 48.2 Å². The van der Waals surface area contributed by atoms with Crippen LogP contribution in [0.4, 0.5) is 0 Å². The molecule has 1 aromatic carbocycles. The maximum atomic E-state index is 12.8. The number of hydrogen-bond donors (Lipinski definition) is 1. The van der Waals surface area contributed by atoms with Crippen molar-refractivity contribution in [3.8, 4) is 11.3 Å². The maximum absolute atomic E-state index is 12.8. The Hall–Kier alpha value is -2.73. The Labute approximate surface area is 153 Å². The number of carbonyl (C=O) groups excluding carboxylic acids is 1. The summed E-state index contributed by atoms with van der Waals surface area (Å²) in [7, 11) is 1.65. The van der Waals surface area contributed by atoms with Crippen molar-refractivity contribution in [1.82, 2.24) is 20.1 Å². The average Bonchev–Trinajstić information content (AvgIpc) is 3.09. The highest BCUT2D eigenvalue weighted by molar-refractivity contribution is 6.06. The largest absolute Gasteiger partial charge is 0.385 e. The van der Waals surface area contributed by atoms with E-state index in [4.69, 9.17) is 9.72 Å². The second kappa shape index (κ2) is 8.10. The van der Waals surface area contributed by atoms with E-state index in [1.807, 2.05) is 54.9 Å². The highest BCUT2D eigenvalue weighted by Gasteiger charge is 2.18. The van der Waals surface area contributed by atoms with Crippen LogP contribution in [0.25, 0.3) is 22.3 Å². The summed E-state index contributed by atoms with van der Waals surface area (Å²) in [5.41, 5.74) is 3.06. The smallest absolute Gasteiger partial charge is 0.252 e. The van der Waals surface area contributed by atoms with Gasteiger partial charge in [-0.1, -0.05) is 30.3 Å². The van der Waals surface area contributed by atoms with Gasteiger partial charge >= 0.3 is 0 Å². The van der Waals surface area contributed by atoms with E-state index in [9.17, 15) is 4.79 Å². The number of nitrogens with zero attached hydrogens (tertiary/aromatic N) is 3. The minimum atomic E-state index is -0.117. The Morgan fingerprint density at radius 2 is 2.04 bits per heavy atom. The molecule has 3 rings (SSSR count). The third-order valence-electron chi connectivity index (χ3n) is 4.18. The molecule has 0 radical (unpaired) electrons. The lowest BCUT2D eigenvalue weighted by Gasteiger charge is -2.11. The molecule has 0 aliphatic rings. The van der Waals surface area contributed by atoms with Gasteiger partial charge in [0.25, 0.3) is 5.91 Å². The molecule has 6 nitrogen and oxygen atoms in total. The topological polar surface area (TPSA) is 69.0 Å². The first kappa shape index (κ1) is 18.1. The van der Waals surface area contributed by atoms with E-state index < -0.39 is 0 Å². The number of rotatable bonds is 7. The van der Waals surface area contributed by atoms with Crippen LogP contribution in [0, 0.1) is 0 Å². The van der Waals surface area contributed by atoms with Gasteiger partial charge in [-0.05, 0) is 26.3 Å². The van der Waals surface area contributed by atoms with Crippen molar-refractivity contribution in [2.75, 3.05) is 20.3 Å². The number of fused-ring (bicyclic) bond motifs is 1. The number of amides is 1. The van der Waals surface area contributed by atoms with E-state index in [-0.39, 0.29) is 11.9 Å². The van der Waals surface area contributed by atoms with Crippen LogP contribution in [-0.4, -0.2) is 40.9 Å². The fraction of sp³-hybridized carbons (Fsp3) is 0.350. The molecule has 0 aliphatic heterocycles. The Morgan fingerprint density at radius 3 is 2.73 bits per heavy atom. The zero-order chi connectivity index (χ0) is 18.5. The van der Waals surface area contributed by atoms with Gasteiger partial charge in [0, 0.05) is 31.9 Å². The molecule has 0 fully saturated rings. The Kier molecular flexibility index (Phi) is 5.63. The van der Waals surface area contributed by atoms with E-state index >= 15 is 0 Å². The zero-order valence-electron chi connectivity index (χ0n) is 15.4. The number of benzene rings is 1. The first-order chi connectivity index (χ1) is 12.6. The quantitative estimate of drug-likeness (QED) is 0.661. The van der Waals surface area contributed by atoms with Gasteiger partial charge in [-0.3, -0.25) is 4.79 Å². The number of hydrogen-bond acceptors (Lipinski definition) is 4. The summed E-state index contributed by atoms with van der Waals surface area (Å²) in [6.07, 6.45) is 2.49. The minimum Gasteiger partial charge on any atom is -0.385 e. The number of carbonyl (C=O) groups is 1. The van der Waals surface area contributed by atoms with Gasteiger partial charge in [-0.2, -0.15) is 5.10 Å².